The van der Waals surface area contributed by atoms with Crippen molar-refractivity contribution in [3.63, 3.8) is 0 Å². The normalized spacial score (nSPS) is 21.1. The fraction of sp³-hybridized carbons (Fsp3) is 0.292. The Morgan fingerprint density at radius 2 is 1.89 bits per heavy atom. The highest BCUT2D eigenvalue weighted by Crippen LogP contribution is 2.55. The van der Waals surface area contributed by atoms with Crippen molar-refractivity contribution in [2.45, 2.75) is 35.1 Å². The van der Waals surface area contributed by atoms with E-state index < -0.39 is 50.4 Å². The van der Waals surface area contributed by atoms with E-state index in [0.717, 1.165) is 22.9 Å². The first kappa shape index (κ1) is 25.3. The van der Waals surface area contributed by atoms with Crippen LogP contribution in [-0.4, -0.2) is 71.1 Å². The number of aromatic nitrogens is 2. The van der Waals surface area contributed by atoms with Gasteiger partial charge in [-0.1, -0.05) is 35.6 Å². The zero-order valence-corrected chi connectivity index (χ0v) is 20.7. The van der Waals surface area contributed by atoms with E-state index in [2.05, 4.69) is 10.4 Å². The Hall–Kier alpha value is -3.34. The first-order chi connectivity index (χ1) is 17.3. The first-order valence-electron chi connectivity index (χ1n) is 11.5. The summed E-state index contributed by atoms with van der Waals surface area (Å²) in [6, 6.07) is 12.3. The van der Waals surface area contributed by atoms with Crippen LogP contribution in [0.3, 0.4) is 0 Å². The zero-order valence-electron chi connectivity index (χ0n) is 19.8. The molecule has 1 aromatic heterocycles. The van der Waals surface area contributed by atoms with E-state index in [9.17, 15) is 22.4 Å². The highest BCUT2D eigenvalue weighted by atomic mass is 32.2. The minimum atomic E-state index is -3.53. The summed E-state index contributed by atoms with van der Waals surface area (Å²) in [5.74, 6) is -3.08. The van der Waals surface area contributed by atoms with Gasteiger partial charge in [-0.05, 0) is 47.6 Å². The smallest absolute Gasteiger partial charge is 0.275 e. The van der Waals surface area contributed by atoms with E-state index in [0.29, 0.717) is 12.0 Å². The lowest BCUT2D eigenvalue weighted by Crippen LogP contribution is -2.60. The Bertz CT molecular complexity index is 1510. The van der Waals surface area contributed by atoms with E-state index in [1.165, 1.54) is 22.9 Å². The molecule has 13 heteroatoms. The Labute approximate surface area is 217 Å². The van der Waals surface area contributed by atoms with Crippen molar-refractivity contribution in [2.75, 3.05) is 11.2 Å². The lowest BCUT2D eigenvalue weighted by atomic mass is 9.48. The van der Waals surface area contributed by atoms with Gasteiger partial charge >= 0.3 is 0 Å². The maximum Gasteiger partial charge on any atom is 0.275 e. The molecule has 2 aromatic carbocycles. The monoisotopic (exact) mass is 512 g/mol. The van der Waals surface area contributed by atoms with Crippen LogP contribution in [0.25, 0.3) is 0 Å². The number of halogens is 1. The molecule has 2 aliphatic rings. The topological polar surface area (TPSA) is 101 Å². The highest BCUT2D eigenvalue weighted by Gasteiger charge is 2.54. The number of anilines is 1. The number of benzene rings is 2. The molecule has 0 saturated heterocycles. The zero-order chi connectivity index (χ0) is 26.7. The summed E-state index contributed by atoms with van der Waals surface area (Å²) in [5.41, 5.74) is 1.19. The second kappa shape index (κ2) is 8.90. The van der Waals surface area contributed by atoms with E-state index in [1.807, 2.05) is 30.3 Å². The molecule has 1 aliphatic carbocycles. The Morgan fingerprint density at radius 3 is 2.54 bits per heavy atom. The second-order valence-electron chi connectivity index (χ2n) is 9.52. The van der Waals surface area contributed by atoms with E-state index in [-0.39, 0.29) is 23.0 Å². The van der Waals surface area contributed by atoms with Crippen molar-refractivity contribution in [1.82, 2.24) is 15.1 Å². The molecule has 1 saturated carbocycles. The van der Waals surface area contributed by atoms with Crippen molar-refractivity contribution in [2.24, 2.45) is 5.92 Å². The third-order valence-corrected chi connectivity index (χ3v) is 7.73. The number of carbonyl (C=O) groups excluding carboxylic acids is 2. The van der Waals surface area contributed by atoms with Crippen LogP contribution in [0.15, 0.2) is 59.6 Å². The average Bonchev–Trinajstić information content (AvgIpc) is 3.52. The van der Waals surface area contributed by atoms with Crippen molar-refractivity contribution >= 4 is 50.9 Å². The van der Waals surface area contributed by atoms with Crippen LogP contribution in [0.4, 0.5) is 10.1 Å². The summed E-state index contributed by atoms with van der Waals surface area (Å²) in [7, 11) is 14.3. The molecule has 2 amide bonds. The van der Waals surface area contributed by atoms with E-state index in [1.54, 1.807) is 0 Å². The van der Waals surface area contributed by atoms with Crippen molar-refractivity contribution in [3.8, 4) is 0 Å². The summed E-state index contributed by atoms with van der Waals surface area (Å²) >= 11 is 0. The molecular formula is C24H20B3FN4O4S. The number of rotatable bonds is 6. The van der Waals surface area contributed by atoms with E-state index in [4.69, 9.17) is 23.5 Å². The van der Waals surface area contributed by atoms with Gasteiger partial charge in [-0.25, -0.2) is 12.8 Å². The summed E-state index contributed by atoms with van der Waals surface area (Å²) in [6.45, 7) is 0.250. The molecule has 6 radical (unpaired) electrons. The Morgan fingerprint density at radius 1 is 1.19 bits per heavy atom. The average molecular weight is 512 g/mol. The van der Waals surface area contributed by atoms with Gasteiger partial charge in [-0.15, -0.1) is 0 Å². The molecule has 5 rings (SSSR count). The van der Waals surface area contributed by atoms with Gasteiger partial charge in [0, 0.05) is 11.9 Å². The number of amides is 2. The lowest BCUT2D eigenvalue weighted by Gasteiger charge is -2.40. The molecule has 2 heterocycles. The molecule has 3 atom stereocenters. The van der Waals surface area contributed by atoms with Crippen molar-refractivity contribution < 1.29 is 22.4 Å². The lowest BCUT2D eigenvalue weighted by molar-refractivity contribution is -0.120. The van der Waals surface area contributed by atoms with Gasteiger partial charge in [-0.3, -0.25) is 14.3 Å². The van der Waals surface area contributed by atoms with Crippen molar-refractivity contribution in [1.29, 1.82) is 0 Å². The fourth-order valence-electron chi connectivity index (χ4n) is 4.83. The van der Waals surface area contributed by atoms with Gasteiger partial charge in [-0.2, -0.15) is 5.10 Å². The summed E-state index contributed by atoms with van der Waals surface area (Å²) in [4.78, 5) is 27.7. The molecule has 182 valence electrons. The predicted octanol–water partition coefficient (Wildman–Crippen LogP) is 0.840. The largest absolute Gasteiger partial charge is 0.338 e. The number of sulfone groups is 1. The SMILES string of the molecule is [B]C([B])([B])N1C(=O)[C@H](NC(=O)c2nn(Cc3ccccc3)cc2F)[C@@H]2C[C@@H]2c2cc(S(C)(=O)=O)ccc21. The third kappa shape index (κ3) is 4.84. The standard InChI is InChI=1S/C24H20B3FN4O4S/c1-37(35,36)14-7-8-19-16(9-14)15-10-17(15)20(23(34)32(19)24(25,26)27)29-22(33)21-18(28)12-31(30-21)11-13-5-3-2-4-6-13/h2-9,12,15,17,20H,10-11H2,1H3,(H,29,33)/t15-,17-,20-/m1/s1. The summed E-state index contributed by atoms with van der Waals surface area (Å²) in [6.07, 6.45) is 2.67. The van der Waals surface area contributed by atoms with Crippen LogP contribution in [-0.2, 0) is 21.2 Å². The highest BCUT2D eigenvalue weighted by molar-refractivity contribution is 7.90. The van der Waals surface area contributed by atoms with Gasteiger partial charge in [0.15, 0.2) is 21.3 Å². The second-order valence-corrected chi connectivity index (χ2v) is 11.5. The van der Waals surface area contributed by atoms with Crippen LogP contribution in [0.1, 0.15) is 34.0 Å². The molecular weight excluding hydrogens is 492 g/mol. The molecule has 1 fully saturated rings. The van der Waals surface area contributed by atoms with Gasteiger partial charge in [0.25, 0.3) is 5.91 Å². The first-order valence-corrected chi connectivity index (χ1v) is 13.4. The number of fused-ring (bicyclic) bond motifs is 3. The summed E-state index contributed by atoms with van der Waals surface area (Å²) in [5, 5.41) is 4.50. The quantitative estimate of drug-likeness (QED) is 0.494. The van der Waals surface area contributed by atoms with Gasteiger partial charge < -0.3 is 10.2 Å². The van der Waals surface area contributed by atoms with Crippen LogP contribution in [0.2, 0.25) is 0 Å². The molecule has 3 aromatic rings. The number of nitrogens with zero attached hydrogens (tertiary/aromatic N) is 3. The maximum atomic E-state index is 14.7. The minimum Gasteiger partial charge on any atom is -0.338 e. The third-order valence-electron chi connectivity index (χ3n) is 6.62. The van der Waals surface area contributed by atoms with Gasteiger partial charge in [0.2, 0.25) is 5.91 Å². The summed E-state index contributed by atoms with van der Waals surface area (Å²) < 4.78 is 40.2. The number of hydrogen-bond acceptors (Lipinski definition) is 5. The molecule has 37 heavy (non-hydrogen) atoms. The van der Waals surface area contributed by atoms with Gasteiger partial charge in [0.05, 0.1) is 41.2 Å². The van der Waals surface area contributed by atoms with Crippen LogP contribution >= 0.6 is 0 Å². The molecule has 0 unspecified atom stereocenters. The number of carbonyl (C=O) groups is 2. The van der Waals surface area contributed by atoms with Crippen LogP contribution in [0, 0.1) is 11.7 Å². The molecule has 1 N–H and O–H groups in total. The number of nitrogens with one attached hydrogen (secondary N) is 1. The van der Waals surface area contributed by atoms with Gasteiger partial charge in [0.1, 0.15) is 6.04 Å². The Kier molecular flexibility index (Phi) is 6.09. The Balaban J connectivity index is 1.45. The molecule has 8 nitrogen and oxygen atoms in total. The predicted molar refractivity (Wildman–Crippen MR) is 137 cm³/mol. The fourth-order valence-corrected chi connectivity index (χ4v) is 5.48. The molecule has 0 spiro atoms. The maximum absolute atomic E-state index is 14.7. The number of hydrogen-bond donors (Lipinski definition) is 1. The van der Waals surface area contributed by atoms with Crippen LogP contribution in [0.5, 0.6) is 0 Å². The molecule has 0 bridgehead atoms. The van der Waals surface area contributed by atoms with Crippen LogP contribution < -0.4 is 10.2 Å². The minimum absolute atomic E-state index is 0.0643. The molecule has 1 aliphatic heterocycles. The van der Waals surface area contributed by atoms with Crippen molar-refractivity contribution in [3.05, 3.63) is 77.4 Å². The van der Waals surface area contributed by atoms with E-state index >= 15 is 0 Å².